The molecular weight excluding hydrogens is 303 g/mol. The fourth-order valence-corrected chi connectivity index (χ4v) is 2.98. The standard InChI is InChI=1S/C18H14Cl2O/c19-14-8-4-12(5-9-14)18(16-2-1-3-17(16)21)13-6-10-15(20)11-7-13/h4-11H,1-3H2. The van der Waals surface area contributed by atoms with Crippen LogP contribution in [0.3, 0.4) is 0 Å². The third kappa shape index (κ3) is 3.04. The van der Waals surface area contributed by atoms with Gasteiger partial charge in [-0.25, -0.2) is 0 Å². The Morgan fingerprint density at radius 1 is 0.762 bits per heavy atom. The van der Waals surface area contributed by atoms with Gasteiger partial charge in [-0.2, -0.15) is 0 Å². The Hall–Kier alpha value is -1.57. The molecule has 1 aliphatic carbocycles. The van der Waals surface area contributed by atoms with Crippen molar-refractivity contribution in [2.45, 2.75) is 19.3 Å². The van der Waals surface area contributed by atoms with E-state index in [0.717, 1.165) is 35.1 Å². The molecule has 2 aromatic carbocycles. The van der Waals surface area contributed by atoms with Gasteiger partial charge in [0.15, 0.2) is 5.78 Å². The Morgan fingerprint density at radius 2 is 1.24 bits per heavy atom. The van der Waals surface area contributed by atoms with Crippen LogP contribution in [0.4, 0.5) is 0 Å². The minimum atomic E-state index is 0.245. The maximum Gasteiger partial charge on any atom is 0.159 e. The van der Waals surface area contributed by atoms with Gasteiger partial charge in [-0.3, -0.25) is 4.79 Å². The lowest BCUT2D eigenvalue weighted by Crippen LogP contribution is -1.99. The number of rotatable bonds is 2. The van der Waals surface area contributed by atoms with E-state index in [0.29, 0.717) is 16.5 Å². The maximum absolute atomic E-state index is 12.2. The fraction of sp³-hybridized carbons (Fsp3) is 0.167. The van der Waals surface area contributed by atoms with E-state index in [1.165, 1.54) is 0 Å². The molecule has 1 saturated carbocycles. The zero-order valence-corrected chi connectivity index (χ0v) is 12.9. The number of allylic oxidation sites excluding steroid dienone is 1. The molecule has 0 amide bonds. The highest BCUT2D eigenvalue weighted by molar-refractivity contribution is 6.31. The van der Waals surface area contributed by atoms with E-state index in [-0.39, 0.29) is 5.78 Å². The second-order valence-electron chi connectivity index (χ2n) is 5.14. The molecule has 0 heterocycles. The van der Waals surface area contributed by atoms with Gasteiger partial charge in [0, 0.05) is 22.0 Å². The van der Waals surface area contributed by atoms with Gasteiger partial charge in [-0.1, -0.05) is 47.5 Å². The average Bonchev–Trinajstić information content (AvgIpc) is 2.90. The van der Waals surface area contributed by atoms with Crippen LogP contribution in [0, 0.1) is 0 Å². The van der Waals surface area contributed by atoms with Crippen LogP contribution in [0.25, 0.3) is 5.57 Å². The molecule has 3 rings (SSSR count). The first-order valence-corrected chi connectivity index (χ1v) is 7.69. The van der Waals surface area contributed by atoms with Crippen molar-refractivity contribution in [2.24, 2.45) is 0 Å². The minimum Gasteiger partial charge on any atom is -0.295 e. The highest BCUT2D eigenvalue weighted by atomic mass is 35.5. The van der Waals surface area contributed by atoms with Crippen molar-refractivity contribution >= 4 is 34.6 Å². The molecule has 0 bridgehead atoms. The first-order chi connectivity index (χ1) is 10.1. The van der Waals surface area contributed by atoms with Gasteiger partial charge >= 0.3 is 0 Å². The quantitative estimate of drug-likeness (QED) is 0.664. The Morgan fingerprint density at radius 3 is 1.62 bits per heavy atom. The topological polar surface area (TPSA) is 17.1 Å². The van der Waals surface area contributed by atoms with Crippen molar-refractivity contribution in [3.63, 3.8) is 0 Å². The first-order valence-electron chi connectivity index (χ1n) is 6.93. The van der Waals surface area contributed by atoms with Gasteiger partial charge in [0.2, 0.25) is 0 Å². The maximum atomic E-state index is 12.2. The number of ketones is 1. The minimum absolute atomic E-state index is 0.245. The van der Waals surface area contributed by atoms with Gasteiger partial charge in [-0.15, -0.1) is 0 Å². The second-order valence-corrected chi connectivity index (χ2v) is 6.02. The molecule has 0 spiro atoms. The molecule has 0 atom stereocenters. The molecule has 0 radical (unpaired) electrons. The van der Waals surface area contributed by atoms with E-state index in [4.69, 9.17) is 23.2 Å². The van der Waals surface area contributed by atoms with Gasteiger partial charge < -0.3 is 0 Å². The molecule has 21 heavy (non-hydrogen) atoms. The summed E-state index contributed by atoms with van der Waals surface area (Å²) in [5, 5.41) is 1.38. The summed E-state index contributed by atoms with van der Waals surface area (Å²) >= 11 is 11.9. The third-order valence-corrected chi connectivity index (χ3v) is 4.24. The van der Waals surface area contributed by atoms with E-state index < -0.39 is 0 Å². The molecular formula is C18H14Cl2O. The summed E-state index contributed by atoms with van der Waals surface area (Å²) in [6.45, 7) is 0. The molecule has 0 unspecified atom stereocenters. The van der Waals surface area contributed by atoms with Crippen molar-refractivity contribution in [2.75, 3.05) is 0 Å². The zero-order valence-electron chi connectivity index (χ0n) is 11.4. The number of Topliss-reactive ketones (excluding diaryl/α,β-unsaturated/α-hetero) is 1. The lowest BCUT2D eigenvalue weighted by atomic mass is 9.92. The molecule has 1 nitrogen and oxygen atoms in total. The van der Waals surface area contributed by atoms with Gasteiger partial charge in [-0.05, 0) is 53.8 Å². The Bertz CT molecular complexity index is 650. The summed E-state index contributed by atoms with van der Waals surface area (Å²) in [4.78, 5) is 12.2. The monoisotopic (exact) mass is 316 g/mol. The molecule has 0 aliphatic heterocycles. The predicted octanol–water partition coefficient (Wildman–Crippen LogP) is 5.55. The van der Waals surface area contributed by atoms with E-state index >= 15 is 0 Å². The summed E-state index contributed by atoms with van der Waals surface area (Å²) in [6.07, 6.45) is 2.40. The highest BCUT2D eigenvalue weighted by Gasteiger charge is 2.23. The lowest BCUT2D eigenvalue weighted by molar-refractivity contribution is -0.114. The van der Waals surface area contributed by atoms with Crippen LogP contribution >= 0.6 is 23.2 Å². The normalized spacial score (nSPS) is 14.6. The van der Waals surface area contributed by atoms with E-state index in [9.17, 15) is 4.79 Å². The van der Waals surface area contributed by atoms with E-state index in [1.807, 2.05) is 48.5 Å². The lowest BCUT2D eigenvalue weighted by Gasteiger charge is -2.12. The van der Waals surface area contributed by atoms with Crippen LogP contribution in [0.1, 0.15) is 30.4 Å². The molecule has 1 fully saturated rings. The second kappa shape index (κ2) is 6.05. The van der Waals surface area contributed by atoms with Crippen LogP contribution < -0.4 is 0 Å². The summed E-state index contributed by atoms with van der Waals surface area (Å²) in [7, 11) is 0. The molecule has 3 heteroatoms. The number of carbonyl (C=O) groups is 1. The van der Waals surface area contributed by atoms with Crippen molar-refractivity contribution < 1.29 is 4.79 Å². The average molecular weight is 317 g/mol. The van der Waals surface area contributed by atoms with Gasteiger partial charge in [0.1, 0.15) is 0 Å². The fourth-order valence-electron chi connectivity index (χ4n) is 2.73. The number of hydrogen-bond donors (Lipinski definition) is 0. The molecule has 0 N–H and O–H groups in total. The molecule has 2 aromatic rings. The highest BCUT2D eigenvalue weighted by Crippen LogP contribution is 2.34. The van der Waals surface area contributed by atoms with Crippen LogP contribution in [-0.2, 0) is 4.79 Å². The largest absolute Gasteiger partial charge is 0.295 e. The van der Waals surface area contributed by atoms with E-state index in [2.05, 4.69) is 0 Å². The van der Waals surface area contributed by atoms with Crippen LogP contribution in [0.15, 0.2) is 54.1 Å². The predicted molar refractivity (Wildman–Crippen MR) is 87.8 cm³/mol. The first kappa shape index (κ1) is 14.4. The Kier molecular flexibility index (Phi) is 4.14. The van der Waals surface area contributed by atoms with Crippen LogP contribution in [-0.4, -0.2) is 5.78 Å². The molecule has 0 aromatic heterocycles. The molecule has 1 aliphatic rings. The summed E-state index contributed by atoms with van der Waals surface area (Å²) in [5.74, 6) is 0.245. The molecule has 106 valence electrons. The summed E-state index contributed by atoms with van der Waals surface area (Å²) in [5.41, 5.74) is 3.96. The van der Waals surface area contributed by atoms with Crippen molar-refractivity contribution in [1.82, 2.24) is 0 Å². The Balaban J connectivity index is 2.18. The number of carbonyl (C=O) groups excluding carboxylic acids is 1. The van der Waals surface area contributed by atoms with E-state index in [1.54, 1.807) is 0 Å². The van der Waals surface area contributed by atoms with Crippen molar-refractivity contribution in [3.05, 3.63) is 75.3 Å². The summed E-state index contributed by atoms with van der Waals surface area (Å²) < 4.78 is 0. The number of benzene rings is 2. The SMILES string of the molecule is O=C1CCCC1=C(c1ccc(Cl)cc1)c1ccc(Cl)cc1. The number of hydrogen-bond acceptors (Lipinski definition) is 1. The Labute approximate surface area is 134 Å². The van der Waals surface area contributed by atoms with Crippen molar-refractivity contribution in [3.8, 4) is 0 Å². The van der Waals surface area contributed by atoms with Crippen LogP contribution in [0.2, 0.25) is 10.0 Å². The van der Waals surface area contributed by atoms with Gasteiger partial charge in [0.05, 0.1) is 0 Å². The van der Waals surface area contributed by atoms with Gasteiger partial charge in [0.25, 0.3) is 0 Å². The third-order valence-electron chi connectivity index (χ3n) is 3.73. The number of halogens is 2. The zero-order chi connectivity index (χ0) is 14.8. The smallest absolute Gasteiger partial charge is 0.159 e. The molecule has 0 saturated heterocycles. The van der Waals surface area contributed by atoms with Crippen molar-refractivity contribution in [1.29, 1.82) is 0 Å². The van der Waals surface area contributed by atoms with Crippen LogP contribution in [0.5, 0.6) is 0 Å². The summed E-state index contributed by atoms with van der Waals surface area (Å²) in [6, 6.07) is 15.3.